The van der Waals surface area contributed by atoms with Crippen LogP contribution in [0.25, 0.3) is 5.70 Å². The minimum Gasteiger partial charge on any atom is -0.399 e. The number of thioether (sulfide) groups is 1. The molecule has 20 heavy (non-hydrogen) atoms. The summed E-state index contributed by atoms with van der Waals surface area (Å²) in [6.07, 6.45) is 2.62. The van der Waals surface area contributed by atoms with Crippen molar-refractivity contribution in [2.24, 2.45) is 0 Å². The Labute approximate surface area is 121 Å². The van der Waals surface area contributed by atoms with Crippen LogP contribution in [-0.4, -0.2) is 34.3 Å². The molecular formula is C13H18N2O4S. The van der Waals surface area contributed by atoms with Crippen molar-refractivity contribution in [1.29, 1.82) is 0 Å². The summed E-state index contributed by atoms with van der Waals surface area (Å²) < 4.78 is 5.13. The Balaban J connectivity index is 2.75. The van der Waals surface area contributed by atoms with Gasteiger partial charge in [-0.2, -0.15) is 0 Å². The van der Waals surface area contributed by atoms with Crippen LogP contribution in [-0.2, 0) is 0 Å². The third kappa shape index (κ3) is 4.14. The van der Waals surface area contributed by atoms with Crippen molar-refractivity contribution in [3.05, 3.63) is 45.7 Å². The highest BCUT2D eigenvalue weighted by atomic mass is 32.2. The second-order valence-electron chi connectivity index (χ2n) is 3.95. The standard InChI is InChI=1S/C13H18N2O4S/c1-4-13(20-9-5-8-16)14(3)10(2)11-6-7-12(19-11)15(17)18/h4,6-7,16H,2,5,8-9H2,1,3H3/b13-4+. The molecule has 1 heterocycles. The molecule has 0 atom stereocenters. The number of hydrogen-bond acceptors (Lipinski definition) is 6. The number of nitrogens with zero attached hydrogens (tertiary/aromatic N) is 2. The lowest BCUT2D eigenvalue weighted by atomic mass is 10.3. The first-order valence-electron chi connectivity index (χ1n) is 6.08. The van der Waals surface area contributed by atoms with E-state index in [9.17, 15) is 10.1 Å². The fourth-order valence-electron chi connectivity index (χ4n) is 1.49. The Bertz CT molecular complexity index is 510. The Morgan fingerprint density at radius 1 is 1.65 bits per heavy atom. The fraction of sp³-hybridized carbons (Fsp3) is 0.385. The van der Waals surface area contributed by atoms with Crippen LogP contribution in [0.1, 0.15) is 19.1 Å². The molecule has 0 bridgehead atoms. The number of rotatable bonds is 8. The molecule has 0 radical (unpaired) electrons. The molecule has 1 N–H and O–H groups in total. The van der Waals surface area contributed by atoms with Gasteiger partial charge in [0.1, 0.15) is 4.92 Å². The van der Waals surface area contributed by atoms with Crippen LogP contribution in [0.3, 0.4) is 0 Å². The molecule has 0 saturated carbocycles. The molecule has 1 aromatic heterocycles. The van der Waals surface area contributed by atoms with E-state index in [1.165, 1.54) is 12.1 Å². The summed E-state index contributed by atoms with van der Waals surface area (Å²) in [6, 6.07) is 2.84. The first kappa shape index (κ1) is 16.3. The Morgan fingerprint density at radius 2 is 2.35 bits per heavy atom. The van der Waals surface area contributed by atoms with Crippen molar-refractivity contribution in [3.8, 4) is 0 Å². The lowest BCUT2D eigenvalue weighted by molar-refractivity contribution is -0.402. The number of aliphatic hydroxyl groups excluding tert-OH is 1. The Hall–Kier alpha value is -1.73. The minimum atomic E-state index is -0.580. The van der Waals surface area contributed by atoms with Gasteiger partial charge < -0.3 is 14.4 Å². The van der Waals surface area contributed by atoms with Crippen molar-refractivity contribution >= 4 is 23.3 Å². The van der Waals surface area contributed by atoms with Gasteiger partial charge in [-0.15, -0.1) is 11.8 Å². The Kier molecular flexibility index (Phi) is 6.33. The number of nitro groups is 1. The third-order valence-electron chi connectivity index (χ3n) is 2.59. The average Bonchev–Trinajstić information content (AvgIpc) is 2.92. The zero-order valence-corrected chi connectivity index (χ0v) is 12.4. The van der Waals surface area contributed by atoms with E-state index in [0.717, 1.165) is 10.8 Å². The smallest absolute Gasteiger partial charge is 0.399 e. The summed E-state index contributed by atoms with van der Waals surface area (Å²) >= 11 is 1.58. The maximum atomic E-state index is 10.6. The lowest BCUT2D eigenvalue weighted by Crippen LogP contribution is -2.13. The summed E-state index contributed by atoms with van der Waals surface area (Å²) in [7, 11) is 1.82. The SMILES string of the molecule is C=C(c1ccc([N+](=O)[O-])o1)N(C)/C(=C\C)SCCCO. The van der Waals surface area contributed by atoms with Crippen molar-refractivity contribution in [1.82, 2.24) is 4.90 Å². The second-order valence-corrected chi connectivity index (χ2v) is 5.07. The summed E-state index contributed by atoms with van der Waals surface area (Å²) in [5, 5.41) is 20.3. The van der Waals surface area contributed by atoms with Gasteiger partial charge in [-0.05, 0) is 19.4 Å². The highest BCUT2D eigenvalue weighted by Gasteiger charge is 2.17. The van der Waals surface area contributed by atoms with E-state index in [1.807, 2.05) is 24.9 Å². The highest BCUT2D eigenvalue weighted by Crippen LogP contribution is 2.29. The van der Waals surface area contributed by atoms with Gasteiger partial charge in [-0.25, -0.2) is 0 Å². The van der Waals surface area contributed by atoms with E-state index in [2.05, 4.69) is 6.58 Å². The van der Waals surface area contributed by atoms with Gasteiger partial charge in [0.2, 0.25) is 0 Å². The molecule has 1 aromatic rings. The zero-order chi connectivity index (χ0) is 15.1. The van der Waals surface area contributed by atoms with Gasteiger partial charge in [-0.1, -0.05) is 12.7 Å². The quantitative estimate of drug-likeness (QED) is 0.451. The monoisotopic (exact) mass is 298 g/mol. The number of furan rings is 1. The number of hydrogen-bond donors (Lipinski definition) is 1. The predicted octanol–water partition coefficient (Wildman–Crippen LogP) is 3.07. The summed E-state index contributed by atoms with van der Waals surface area (Å²) in [5.41, 5.74) is 0.544. The largest absolute Gasteiger partial charge is 0.433 e. The molecule has 110 valence electrons. The molecular weight excluding hydrogens is 280 g/mol. The molecule has 0 unspecified atom stereocenters. The summed E-state index contributed by atoms with van der Waals surface area (Å²) in [4.78, 5) is 11.8. The van der Waals surface area contributed by atoms with Gasteiger partial charge in [0.05, 0.1) is 16.8 Å². The van der Waals surface area contributed by atoms with Crippen LogP contribution in [0.2, 0.25) is 0 Å². The number of aliphatic hydroxyl groups is 1. The van der Waals surface area contributed by atoms with Crippen molar-refractivity contribution in [2.75, 3.05) is 19.4 Å². The molecule has 0 aliphatic heterocycles. The van der Waals surface area contributed by atoms with Crippen molar-refractivity contribution in [3.63, 3.8) is 0 Å². The van der Waals surface area contributed by atoms with E-state index in [1.54, 1.807) is 11.8 Å². The van der Waals surface area contributed by atoms with E-state index in [4.69, 9.17) is 9.52 Å². The first-order valence-corrected chi connectivity index (χ1v) is 7.07. The van der Waals surface area contributed by atoms with Gasteiger partial charge in [0.25, 0.3) is 0 Å². The molecule has 0 aliphatic rings. The summed E-state index contributed by atoms with van der Waals surface area (Å²) in [6.45, 7) is 5.95. The molecule has 0 aliphatic carbocycles. The van der Waals surface area contributed by atoms with Gasteiger partial charge in [-0.3, -0.25) is 10.1 Å². The van der Waals surface area contributed by atoms with Crippen LogP contribution >= 0.6 is 11.8 Å². The van der Waals surface area contributed by atoms with Crippen LogP contribution in [0, 0.1) is 10.1 Å². The molecule has 0 spiro atoms. The van der Waals surface area contributed by atoms with E-state index >= 15 is 0 Å². The minimum absolute atomic E-state index is 0.152. The van der Waals surface area contributed by atoms with Crippen LogP contribution in [0.4, 0.5) is 5.88 Å². The van der Waals surface area contributed by atoms with E-state index in [0.29, 0.717) is 17.9 Å². The van der Waals surface area contributed by atoms with E-state index < -0.39 is 4.92 Å². The molecule has 1 rings (SSSR count). The van der Waals surface area contributed by atoms with Crippen molar-refractivity contribution < 1.29 is 14.4 Å². The molecule has 0 amide bonds. The Morgan fingerprint density at radius 3 is 2.85 bits per heavy atom. The second kappa shape index (κ2) is 7.76. The predicted molar refractivity (Wildman–Crippen MR) is 80.1 cm³/mol. The highest BCUT2D eigenvalue weighted by molar-refractivity contribution is 8.03. The zero-order valence-electron chi connectivity index (χ0n) is 11.5. The van der Waals surface area contributed by atoms with Gasteiger partial charge in [0.15, 0.2) is 5.76 Å². The van der Waals surface area contributed by atoms with Gasteiger partial charge in [0, 0.05) is 19.4 Å². The first-order chi connectivity index (χ1) is 9.51. The molecule has 6 nitrogen and oxygen atoms in total. The fourth-order valence-corrected chi connectivity index (χ4v) is 2.45. The summed E-state index contributed by atoms with van der Waals surface area (Å²) in [5.74, 6) is 0.845. The molecule has 0 aromatic carbocycles. The van der Waals surface area contributed by atoms with E-state index in [-0.39, 0.29) is 12.5 Å². The van der Waals surface area contributed by atoms with Gasteiger partial charge >= 0.3 is 5.88 Å². The molecule has 0 saturated heterocycles. The maximum Gasteiger partial charge on any atom is 0.433 e. The number of allylic oxidation sites excluding steroid dienone is 1. The average molecular weight is 298 g/mol. The van der Waals surface area contributed by atoms with Crippen molar-refractivity contribution in [2.45, 2.75) is 13.3 Å². The van der Waals surface area contributed by atoms with Crippen LogP contribution in [0.15, 0.2) is 34.2 Å². The van der Waals surface area contributed by atoms with Crippen LogP contribution < -0.4 is 0 Å². The topological polar surface area (TPSA) is 79.8 Å². The third-order valence-corrected chi connectivity index (χ3v) is 3.89. The molecule has 0 fully saturated rings. The lowest BCUT2D eigenvalue weighted by Gasteiger charge is -2.22. The molecule has 7 heteroatoms. The maximum absolute atomic E-state index is 10.6. The van der Waals surface area contributed by atoms with Crippen LogP contribution in [0.5, 0.6) is 0 Å². The normalized spacial score (nSPS) is 11.4.